The number of aliphatic hydroxyl groups excluding tert-OH is 1. The number of benzene rings is 1. The van der Waals surface area contributed by atoms with Gasteiger partial charge in [0.25, 0.3) is 0 Å². The van der Waals surface area contributed by atoms with E-state index in [0.29, 0.717) is 12.1 Å². The van der Waals surface area contributed by atoms with E-state index in [9.17, 15) is 4.39 Å². The monoisotopic (exact) mass is 283 g/mol. The van der Waals surface area contributed by atoms with Crippen LogP contribution in [0.2, 0.25) is 0 Å². The van der Waals surface area contributed by atoms with E-state index >= 15 is 0 Å². The third-order valence-electron chi connectivity index (χ3n) is 3.70. The number of aryl methyl sites for hydroxylation is 1. The minimum atomic E-state index is -0.143. The summed E-state index contributed by atoms with van der Waals surface area (Å²) in [5.74, 6) is 0.851. The Bertz CT molecular complexity index is 407. The van der Waals surface area contributed by atoms with Crippen LogP contribution in [0, 0.1) is 5.82 Å². The van der Waals surface area contributed by atoms with Crippen LogP contribution < -0.4 is 5.32 Å². The van der Waals surface area contributed by atoms with Crippen LogP contribution >= 0.6 is 11.8 Å². The molecule has 0 saturated carbocycles. The number of hydrogen-bond donors (Lipinski definition) is 2. The smallest absolute Gasteiger partial charge is 0.123 e. The summed E-state index contributed by atoms with van der Waals surface area (Å²) in [4.78, 5) is 0. The Kier molecular flexibility index (Phi) is 5.67. The van der Waals surface area contributed by atoms with E-state index in [-0.39, 0.29) is 12.4 Å². The molecular weight excluding hydrogens is 261 g/mol. The molecular formula is C15H22FNOS. The van der Waals surface area contributed by atoms with Crippen molar-refractivity contribution in [2.75, 3.05) is 18.6 Å². The number of nitrogens with one attached hydrogen (secondary N) is 1. The van der Waals surface area contributed by atoms with Gasteiger partial charge in [-0.3, -0.25) is 0 Å². The van der Waals surface area contributed by atoms with Gasteiger partial charge in [-0.05, 0) is 55.2 Å². The molecule has 2 N–H and O–H groups in total. The molecule has 1 aromatic rings. The van der Waals surface area contributed by atoms with Gasteiger partial charge in [0.1, 0.15) is 5.82 Å². The average Bonchev–Trinajstić information content (AvgIpc) is 2.39. The molecule has 106 valence electrons. The molecule has 2 rings (SSSR count). The lowest BCUT2D eigenvalue weighted by Crippen LogP contribution is -2.37. The van der Waals surface area contributed by atoms with Gasteiger partial charge in [-0.15, -0.1) is 0 Å². The zero-order chi connectivity index (χ0) is 13.7. The summed E-state index contributed by atoms with van der Waals surface area (Å²) < 4.78 is 13.3. The molecule has 0 saturated heterocycles. The maximum Gasteiger partial charge on any atom is 0.123 e. The number of hydrogen-bond acceptors (Lipinski definition) is 3. The standard InChI is InChI=1S/C15H22FNOS/c1-19-10-13(7-8-18)17-15-4-2-3-11-9-12(16)5-6-14(11)15/h5-6,9,13,15,17-18H,2-4,7-8,10H2,1H3. The van der Waals surface area contributed by atoms with Gasteiger partial charge in [0.05, 0.1) is 0 Å². The van der Waals surface area contributed by atoms with Crippen molar-refractivity contribution in [1.29, 1.82) is 0 Å². The van der Waals surface area contributed by atoms with Crippen molar-refractivity contribution in [3.63, 3.8) is 0 Å². The van der Waals surface area contributed by atoms with Gasteiger partial charge in [-0.1, -0.05) is 6.07 Å². The Morgan fingerprint density at radius 3 is 3.11 bits per heavy atom. The lowest BCUT2D eigenvalue weighted by atomic mass is 9.87. The summed E-state index contributed by atoms with van der Waals surface area (Å²) in [6.07, 6.45) is 6.01. The highest BCUT2D eigenvalue weighted by Crippen LogP contribution is 2.30. The van der Waals surface area contributed by atoms with Crippen LogP contribution in [0.3, 0.4) is 0 Å². The third kappa shape index (κ3) is 3.94. The maximum atomic E-state index is 13.3. The van der Waals surface area contributed by atoms with E-state index in [1.165, 1.54) is 5.56 Å². The fourth-order valence-corrected chi connectivity index (χ4v) is 3.48. The average molecular weight is 283 g/mol. The molecule has 0 aliphatic heterocycles. The molecule has 0 fully saturated rings. The first-order valence-corrected chi connectivity index (χ1v) is 8.28. The summed E-state index contributed by atoms with van der Waals surface area (Å²) in [5.41, 5.74) is 2.37. The highest BCUT2D eigenvalue weighted by Gasteiger charge is 2.22. The van der Waals surface area contributed by atoms with Crippen molar-refractivity contribution in [1.82, 2.24) is 5.32 Å². The number of rotatable bonds is 6. The molecule has 0 spiro atoms. The number of fused-ring (bicyclic) bond motifs is 1. The van der Waals surface area contributed by atoms with Gasteiger partial charge in [0.15, 0.2) is 0 Å². The Balaban J connectivity index is 2.09. The van der Waals surface area contributed by atoms with Gasteiger partial charge in [-0.25, -0.2) is 4.39 Å². The second-order valence-electron chi connectivity index (χ2n) is 5.12. The van der Waals surface area contributed by atoms with E-state index in [0.717, 1.165) is 37.0 Å². The topological polar surface area (TPSA) is 32.3 Å². The molecule has 0 radical (unpaired) electrons. The predicted octanol–water partition coefficient (Wildman–Crippen LogP) is 2.91. The van der Waals surface area contributed by atoms with E-state index < -0.39 is 0 Å². The minimum Gasteiger partial charge on any atom is -0.396 e. The third-order valence-corrected chi connectivity index (χ3v) is 4.44. The largest absolute Gasteiger partial charge is 0.396 e. The summed E-state index contributed by atoms with van der Waals surface area (Å²) in [6.45, 7) is 0.210. The zero-order valence-corrected chi connectivity index (χ0v) is 12.2. The molecule has 1 aliphatic carbocycles. The van der Waals surface area contributed by atoms with Crippen LogP contribution in [-0.4, -0.2) is 29.8 Å². The first-order valence-electron chi connectivity index (χ1n) is 6.88. The van der Waals surface area contributed by atoms with Gasteiger partial charge >= 0.3 is 0 Å². The van der Waals surface area contributed by atoms with Crippen LogP contribution in [-0.2, 0) is 6.42 Å². The Morgan fingerprint density at radius 1 is 1.53 bits per heavy atom. The number of halogens is 1. The van der Waals surface area contributed by atoms with E-state index in [2.05, 4.69) is 11.6 Å². The number of thioether (sulfide) groups is 1. The van der Waals surface area contributed by atoms with Crippen molar-refractivity contribution >= 4 is 11.8 Å². The fourth-order valence-electron chi connectivity index (χ4n) is 2.81. The molecule has 1 aromatic carbocycles. The van der Waals surface area contributed by atoms with E-state index in [4.69, 9.17) is 5.11 Å². The summed E-state index contributed by atoms with van der Waals surface area (Å²) in [7, 11) is 0. The van der Waals surface area contributed by atoms with Crippen molar-refractivity contribution in [2.45, 2.75) is 37.8 Å². The summed E-state index contributed by atoms with van der Waals surface area (Å²) in [6, 6.07) is 5.75. The number of aliphatic hydroxyl groups is 1. The fraction of sp³-hybridized carbons (Fsp3) is 0.600. The predicted molar refractivity (Wildman–Crippen MR) is 79.1 cm³/mol. The molecule has 0 bridgehead atoms. The minimum absolute atomic E-state index is 0.143. The highest BCUT2D eigenvalue weighted by atomic mass is 32.2. The SMILES string of the molecule is CSCC(CCO)NC1CCCc2cc(F)ccc21. The summed E-state index contributed by atoms with van der Waals surface area (Å²) >= 11 is 1.79. The lowest BCUT2D eigenvalue weighted by Gasteiger charge is -2.30. The molecule has 4 heteroatoms. The molecule has 2 atom stereocenters. The van der Waals surface area contributed by atoms with Crippen LogP contribution in [0.5, 0.6) is 0 Å². The van der Waals surface area contributed by atoms with Crippen molar-refractivity contribution in [3.8, 4) is 0 Å². The normalized spacial score (nSPS) is 20.1. The first-order chi connectivity index (χ1) is 9.24. The van der Waals surface area contributed by atoms with Crippen molar-refractivity contribution in [2.24, 2.45) is 0 Å². The molecule has 19 heavy (non-hydrogen) atoms. The summed E-state index contributed by atoms with van der Waals surface area (Å²) in [5, 5.41) is 12.8. The van der Waals surface area contributed by atoms with Gasteiger partial charge in [-0.2, -0.15) is 11.8 Å². The van der Waals surface area contributed by atoms with Gasteiger partial charge in [0.2, 0.25) is 0 Å². The van der Waals surface area contributed by atoms with Crippen molar-refractivity contribution < 1.29 is 9.50 Å². The molecule has 1 aliphatic rings. The second kappa shape index (κ2) is 7.27. The lowest BCUT2D eigenvalue weighted by molar-refractivity contribution is 0.261. The first kappa shape index (κ1) is 14.8. The second-order valence-corrected chi connectivity index (χ2v) is 6.03. The molecule has 0 amide bonds. The van der Waals surface area contributed by atoms with Crippen LogP contribution in [0.1, 0.15) is 36.4 Å². The van der Waals surface area contributed by atoms with Crippen LogP contribution in [0.4, 0.5) is 4.39 Å². The Hall–Kier alpha value is -0.580. The Morgan fingerprint density at radius 2 is 2.37 bits per heavy atom. The maximum absolute atomic E-state index is 13.3. The van der Waals surface area contributed by atoms with Crippen molar-refractivity contribution in [3.05, 3.63) is 35.1 Å². The van der Waals surface area contributed by atoms with E-state index in [1.54, 1.807) is 23.9 Å². The molecule has 0 heterocycles. The quantitative estimate of drug-likeness (QED) is 0.842. The zero-order valence-electron chi connectivity index (χ0n) is 11.4. The molecule has 0 aromatic heterocycles. The molecule has 2 unspecified atom stereocenters. The van der Waals surface area contributed by atoms with E-state index in [1.807, 2.05) is 6.07 Å². The molecule has 2 nitrogen and oxygen atoms in total. The van der Waals surface area contributed by atoms with Crippen LogP contribution in [0.15, 0.2) is 18.2 Å². The van der Waals surface area contributed by atoms with Crippen LogP contribution in [0.25, 0.3) is 0 Å². The highest BCUT2D eigenvalue weighted by molar-refractivity contribution is 7.98. The van der Waals surface area contributed by atoms with Gasteiger partial charge in [0, 0.05) is 24.4 Å². The van der Waals surface area contributed by atoms with Gasteiger partial charge < -0.3 is 10.4 Å². The Labute approximate surface area is 118 Å².